The number of sulfonamides is 1. The van der Waals surface area contributed by atoms with Crippen molar-refractivity contribution >= 4 is 37.5 Å². The Morgan fingerprint density at radius 2 is 2.20 bits per heavy atom. The Bertz CT molecular complexity index is 696. The third-order valence-electron chi connectivity index (χ3n) is 3.06. The van der Waals surface area contributed by atoms with E-state index in [1.807, 2.05) is 6.07 Å². The summed E-state index contributed by atoms with van der Waals surface area (Å²) < 4.78 is 22.8. The standard InChI is InChI=1S/C12H12BrN3O3S/c13-11-4-10(2-1-9(11)5-14)16-6-8(3-12(16)17)7-20(15,18)19/h1-2,4,8H,3,6-7H2,(H2,15,18,19). The van der Waals surface area contributed by atoms with Crippen LogP contribution in [0.3, 0.4) is 0 Å². The van der Waals surface area contributed by atoms with Gasteiger partial charge >= 0.3 is 0 Å². The molecule has 2 N–H and O–H groups in total. The van der Waals surface area contributed by atoms with Gasteiger partial charge in [-0.25, -0.2) is 13.6 Å². The van der Waals surface area contributed by atoms with Crippen LogP contribution in [-0.4, -0.2) is 26.6 Å². The molecule has 1 saturated heterocycles. The minimum absolute atomic E-state index is 0.143. The Hall–Kier alpha value is -1.43. The van der Waals surface area contributed by atoms with Crippen LogP contribution in [0.15, 0.2) is 22.7 Å². The fourth-order valence-electron chi connectivity index (χ4n) is 2.23. The molecule has 2 rings (SSSR count). The van der Waals surface area contributed by atoms with Gasteiger partial charge in [-0.15, -0.1) is 0 Å². The molecule has 1 aromatic carbocycles. The maximum absolute atomic E-state index is 11.9. The zero-order chi connectivity index (χ0) is 14.9. The van der Waals surface area contributed by atoms with Gasteiger partial charge in [0.05, 0.1) is 11.3 Å². The van der Waals surface area contributed by atoms with E-state index in [2.05, 4.69) is 15.9 Å². The number of amides is 1. The van der Waals surface area contributed by atoms with Crippen LogP contribution >= 0.6 is 15.9 Å². The number of carbonyl (C=O) groups is 1. The summed E-state index contributed by atoms with van der Waals surface area (Å²) in [6.07, 6.45) is 0.161. The molecule has 1 amide bonds. The van der Waals surface area contributed by atoms with Crippen LogP contribution in [0.1, 0.15) is 12.0 Å². The first-order valence-corrected chi connectivity index (χ1v) is 8.31. The summed E-state index contributed by atoms with van der Waals surface area (Å²) in [4.78, 5) is 13.5. The summed E-state index contributed by atoms with van der Waals surface area (Å²) in [6, 6.07) is 6.97. The summed E-state index contributed by atoms with van der Waals surface area (Å²) in [6.45, 7) is 0.313. The lowest BCUT2D eigenvalue weighted by Crippen LogP contribution is -2.27. The van der Waals surface area contributed by atoms with Gasteiger partial charge in [-0.2, -0.15) is 5.26 Å². The Morgan fingerprint density at radius 1 is 1.50 bits per heavy atom. The molecule has 1 fully saturated rings. The number of hydrogen-bond donors (Lipinski definition) is 1. The molecule has 1 atom stereocenters. The summed E-state index contributed by atoms with van der Waals surface area (Å²) in [5, 5.41) is 13.9. The third-order valence-corrected chi connectivity index (χ3v) is 4.65. The summed E-state index contributed by atoms with van der Waals surface area (Å²) >= 11 is 3.26. The minimum Gasteiger partial charge on any atom is -0.312 e. The highest BCUT2D eigenvalue weighted by Gasteiger charge is 2.32. The Morgan fingerprint density at radius 3 is 2.75 bits per heavy atom. The van der Waals surface area contributed by atoms with Gasteiger partial charge in [0.15, 0.2) is 0 Å². The number of anilines is 1. The molecule has 106 valence electrons. The second-order valence-corrected chi connectivity index (χ2v) is 7.19. The van der Waals surface area contributed by atoms with Crippen molar-refractivity contribution in [1.29, 1.82) is 5.26 Å². The molecule has 6 nitrogen and oxygen atoms in total. The maximum atomic E-state index is 11.9. The van der Waals surface area contributed by atoms with E-state index in [0.29, 0.717) is 22.3 Å². The fourth-order valence-corrected chi connectivity index (χ4v) is 3.57. The molecule has 0 saturated carbocycles. The third kappa shape index (κ3) is 3.36. The van der Waals surface area contributed by atoms with Gasteiger partial charge in [-0.1, -0.05) is 0 Å². The van der Waals surface area contributed by atoms with Crippen molar-refractivity contribution in [2.45, 2.75) is 6.42 Å². The Kier molecular flexibility index (Phi) is 4.13. The van der Waals surface area contributed by atoms with E-state index in [-0.39, 0.29) is 24.0 Å². The summed E-state index contributed by atoms with van der Waals surface area (Å²) in [5.74, 6) is -0.644. The SMILES string of the molecule is N#Cc1ccc(N2CC(CS(N)(=O)=O)CC2=O)cc1Br. The number of nitriles is 1. The van der Waals surface area contributed by atoms with Crippen molar-refractivity contribution in [3.63, 3.8) is 0 Å². The molecule has 1 aromatic rings. The smallest absolute Gasteiger partial charge is 0.227 e. The second kappa shape index (κ2) is 5.52. The molecular formula is C12H12BrN3O3S. The van der Waals surface area contributed by atoms with Crippen molar-refractivity contribution < 1.29 is 13.2 Å². The van der Waals surface area contributed by atoms with Crippen molar-refractivity contribution in [3.05, 3.63) is 28.2 Å². The predicted molar refractivity (Wildman–Crippen MR) is 77.3 cm³/mol. The Balaban J connectivity index is 2.20. The van der Waals surface area contributed by atoms with Gasteiger partial charge in [0.25, 0.3) is 0 Å². The molecule has 0 radical (unpaired) electrons. The molecule has 8 heteroatoms. The first-order valence-electron chi connectivity index (χ1n) is 5.80. The van der Waals surface area contributed by atoms with Crippen molar-refractivity contribution in [3.8, 4) is 6.07 Å². The lowest BCUT2D eigenvalue weighted by Gasteiger charge is -2.17. The first-order chi connectivity index (χ1) is 9.30. The van der Waals surface area contributed by atoms with Crippen LogP contribution in [0.5, 0.6) is 0 Å². The van der Waals surface area contributed by atoms with Crippen molar-refractivity contribution in [1.82, 2.24) is 0 Å². The quantitative estimate of drug-likeness (QED) is 0.869. The number of halogens is 1. The predicted octanol–water partition coefficient (Wildman–Crippen LogP) is 0.962. The molecule has 1 unspecified atom stereocenters. The average Bonchev–Trinajstić information content (AvgIpc) is 2.67. The van der Waals surface area contributed by atoms with E-state index < -0.39 is 10.0 Å². The number of primary sulfonamides is 1. The first kappa shape index (κ1) is 15.0. The van der Waals surface area contributed by atoms with Gasteiger partial charge in [0, 0.05) is 29.0 Å². The summed E-state index contributed by atoms with van der Waals surface area (Å²) in [7, 11) is -3.59. The Labute approximate surface area is 125 Å². The fraction of sp³-hybridized carbons (Fsp3) is 0.333. The van der Waals surface area contributed by atoms with Crippen molar-refractivity contribution in [2.24, 2.45) is 11.1 Å². The van der Waals surface area contributed by atoms with E-state index in [9.17, 15) is 13.2 Å². The highest BCUT2D eigenvalue weighted by Crippen LogP contribution is 2.29. The number of hydrogen-bond acceptors (Lipinski definition) is 4. The largest absolute Gasteiger partial charge is 0.312 e. The molecule has 0 aromatic heterocycles. The van der Waals surface area contributed by atoms with Gasteiger partial charge in [-0.3, -0.25) is 4.79 Å². The lowest BCUT2D eigenvalue weighted by atomic mass is 10.1. The highest BCUT2D eigenvalue weighted by atomic mass is 79.9. The zero-order valence-corrected chi connectivity index (χ0v) is 12.8. The van der Waals surface area contributed by atoms with Crippen LogP contribution in [0.4, 0.5) is 5.69 Å². The summed E-state index contributed by atoms with van der Waals surface area (Å²) in [5.41, 5.74) is 1.11. The van der Waals surface area contributed by atoms with E-state index in [1.54, 1.807) is 18.2 Å². The van der Waals surface area contributed by atoms with E-state index in [4.69, 9.17) is 10.4 Å². The average molecular weight is 358 g/mol. The van der Waals surface area contributed by atoms with E-state index >= 15 is 0 Å². The number of benzene rings is 1. The number of nitrogens with two attached hydrogens (primary N) is 1. The van der Waals surface area contributed by atoms with E-state index in [0.717, 1.165) is 0 Å². The van der Waals surface area contributed by atoms with Crippen LogP contribution in [0.2, 0.25) is 0 Å². The zero-order valence-electron chi connectivity index (χ0n) is 10.4. The molecule has 0 aliphatic carbocycles. The van der Waals surface area contributed by atoms with Gasteiger partial charge in [0.1, 0.15) is 6.07 Å². The van der Waals surface area contributed by atoms with Crippen molar-refractivity contribution in [2.75, 3.05) is 17.2 Å². The highest BCUT2D eigenvalue weighted by molar-refractivity contribution is 9.10. The normalized spacial score (nSPS) is 19.1. The molecule has 1 aliphatic heterocycles. The lowest BCUT2D eigenvalue weighted by molar-refractivity contribution is -0.117. The van der Waals surface area contributed by atoms with Crippen LogP contribution < -0.4 is 10.0 Å². The molecule has 1 heterocycles. The maximum Gasteiger partial charge on any atom is 0.227 e. The number of nitrogens with zero attached hydrogens (tertiary/aromatic N) is 2. The van der Waals surface area contributed by atoms with Gasteiger partial charge in [-0.05, 0) is 34.1 Å². The molecule has 1 aliphatic rings. The second-order valence-electron chi connectivity index (χ2n) is 4.68. The monoisotopic (exact) mass is 357 g/mol. The van der Waals surface area contributed by atoms with E-state index in [1.165, 1.54) is 4.90 Å². The molecule has 0 spiro atoms. The van der Waals surface area contributed by atoms with Crippen LogP contribution in [0, 0.1) is 17.2 Å². The molecule has 20 heavy (non-hydrogen) atoms. The topological polar surface area (TPSA) is 104 Å². The molecular weight excluding hydrogens is 346 g/mol. The minimum atomic E-state index is -3.59. The van der Waals surface area contributed by atoms with Crippen LogP contribution in [-0.2, 0) is 14.8 Å². The van der Waals surface area contributed by atoms with Crippen LogP contribution in [0.25, 0.3) is 0 Å². The number of rotatable bonds is 3. The van der Waals surface area contributed by atoms with Gasteiger partial charge < -0.3 is 4.90 Å². The molecule has 0 bridgehead atoms. The van der Waals surface area contributed by atoms with Gasteiger partial charge in [0.2, 0.25) is 15.9 Å². The number of carbonyl (C=O) groups excluding carboxylic acids is 1.